The first kappa shape index (κ1) is 7.98. The summed E-state index contributed by atoms with van der Waals surface area (Å²) in [5.41, 5.74) is 0. The highest BCUT2D eigenvalue weighted by molar-refractivity contribution is 4.66. The Morgan fingerprint density at radius 3 is 2.70 bits per heavy atom. The zero-order chi connectivity index (χ0) is 7.23. The van der Waals surface area contributed by atoms with Crippen LogP contribution in [0.2, 0.25) is 0 Å². The van der Waals surface area contributed by atoms with Gasteiger partial charge in [0.05, 0.1) is 6.54 Å². The molecule has 0 aromatic rings. The zero-order valence-corrected chi connectivity index (χ0v) is 6.47. The van der Waals surface area contributed by atoms with Crippen molar-refractivity contribution in [2.45, 2.75) is 0 Å². The number of quaternary nitrogens is 1. The van der Waals surface area contributed by atoms with Crippen molar-refractivity contribution >= 4 is 0 Å². The van der Waals surface area contributed by atoms with E-state index < -0.39 is 0 Å². The molecule has 0 atom stereocenters. The van der Waals surface area contributed by atoms with Gasteiger partial charge in [-0.2, -0.15) is 7.05 Å². The predicted molar refractivity (Wildman–Crippen MR) is 41.5 cm³/mol. The molecule has 1 heterocycles. The average molecular weight is 143 g/mol. The molecule has 3 N–H and O–H groups in total. The Labute approximate surface area is 62.8 Å². The minimum atomic E-state index is 1.12. The van der Waals surface area contributed by atoms with Crippen molar-refractivity contribution in [2.24, 2.45) is 0 Å². The minimum absolute atomic E-state index is 1.12. The number of nitrogens with one attached hydrogen (secondary N) is 1. The summed E-state index contributed by atoms with van der Waals surface area (Å²) in [5, 5.41) is 5.31. The molecule has 3 heteroatoms. The van der Waals surface area contributed by atoms with Crippen molar-refractivity contribution in [1.82, 2.24) is 10.2 Å². The number of rotatable bonds is 3. The SMILES string of the molecule is [CH2-][NH2+]CCN1CCNCC1. The lowest BCUT2D eigenvalue weighted by molar-refractivity contribution is -0.595. The van der Waals surface area contributed by atoms with Crippen LogP contribution < -0.4 is 10.6 Å². The van der Waals surface area contributed by atoms with Crippen LogP contribution in [0.4, 0.5) is 0 Å². The van der Waals surface area contributed by atoms with Gasteiger partial charge in [-0.15, -0.1) is 0 Å². The second-order valence-electron chi connectivity index (χ2n) is 2.67. The van der Waals surface area contributed by atoms with Crippen LogP contribution in [0, 0.1) is 7.05 Å². The van der Waals surface area contributed by atoms with Crippen molar-refractivity contribution < 1.29 is 5.32 Å². The summed E-state index contributed by atoms with van der Waals surface area (Å²) in [6.07, 6.45) is 0. The molecule has 0 aromatic heterocycles. The van der Waals surface area contributed by atoms with Crippen molar-refractivity contribution in [1.29, 1.82) is 0 Å². The van der Waals surface area contributed by atoms with Gasteiger partial charge in [0.25, 0.3) is 0 Å². The molecule has 3 nitrogen and oxygen atoms in total. The number of hydrogen-bond donors (Lipinski definition) is 2. The van der Waals surface area contributed by atoms with E-state index in [2.05, 4.69) is 17.3 Å². The summed E-state index contributed by atoms with van der Waals surface area (Å²) in [6, 6.07) is 0. The Balaban J connectivity index is 2.02. The normalized spacial score (nSPS) is 21.3. The predicted octanol–water partition coefficient (Wildman–Crippen LogP) is -1.75. The quantitative estimate of drug-likeness (QED) is 0.459. The summed E-state index contributed by atoms with van der Waals surface area (Å²) in [5.74, 6) is 0. The largest absolute Gasteiger partial charge is 0.478 e. The highest BCUT2D eigenvalue weighted by Gasteiger charge is 2.07. The molecule has 0 aromatic carbocycles. The average Bonchev–Trinajstić information content (AvgIpc) is 2.03. The molecule has 60 valence electrons. The van der Waals surface area contributed by atoms with Gasteiger partial charge in [0.2, 0.25) is 0 Å². The third-order valence-electron chi connectivity index (χ3n) is 1.86. The van der Waals surface area contributed by atoms with Gasteiger partial charge >= 0.3 is 0 Å². The van der Waals surface area contributed by atoms with Crippen LogP contribution in [0.5, 0.6) is 0 Å². The van der Waals surface area contributed by atoms with Gasteiger partial charge in [-0.05, 0) is 0 Å². The molecule has 0 amide bonds. The molecule has 1 fully saturated rings. The van der Waals surface area contributed by atoms with Crippen LogP contribution >= 0.6 is 0 Å². The molecular formula is C7H17N3. The molecule has 1 aliphatic rings. The van der Waals surface area contributed by atoms with Crippen LogP contribution in [-0.2, 0) is 0 Å². The summed E-state index contributed by atoms with van der Waals surface area (Å²) >= 11 is 0. The van der Waals surface area contributed by atoms with E-state index in [1.54, 1.807) is 0 Å². The van der Waals surface area contributed by atoms with Gasteiger partial charge in [0, 0.05) is 32.7 Å². The van der Waals surface area contributed by atoms with E-state index in [1.807, 2.05) is 5.32 Å². The standard InChI is InChI=1S/C7H17N3/c1-8-2-5-10-6-3-9-4-7-10/h9H,1-8H2. The minimum Gasteiger partial charge on any atom is -0.478 e. The van der Waals surface area contributed by atoms with Crippen molar-refractivity contribution in [3.63, 3.8) is 0 Å². The highest BCUT2D eigenvalue weighted by atomic mass is 15.2. The third kappa shape index (κ3) is 2.64. The maximum Gasteiger partial charge on any atom is 0.0645 e. The number of piperazine rings is 1. The maximum absolute atomic E-state index is 3.70. The van der Waals surface area contributed by atoms with E-state index in [4.69, 9.17) is 0 Å². The monoisotopic (exact) mass is 143 g/mol. The van der Waals surface area contributed by atoms with Gasteiger partial charge in [-0.1, -0.05) is 0 Å². The molecule has 1 aliphatic heterocycles. The van der Waals surface area contributed by atoms with Gasteiger partial charge in [0.1, 0.15) is 0 Å². The fourth-order valence-electron chi connectivity index (χ4n) is 1.21. The Morgan fingerprint density at radius 1 is 1.40 bits per heavy atom. The Hall–Kier alpha value is -0.120. The zero-order valence-electron chi connectivity index (χ0n) is 6.47. The lowest BCUT2D eigenvalue weighted by Crippen LogP contribution is -2.79. The Morgan fingerprint density at radius 2 is 2.10 bits per heavy atom. The lowest BCUT2D eigenvalue weighted by atomic mass is 10.3. The molecule has 0 radical (unpaired) electrons. The Bertz CT molecular complexity index is 78.9. The summed E-state index contributed by atoms with van der Waals surface area (Å²) < 4.78 is 0. The topological polar surface area (TPSA) is 31.9 Å². The first-order valence-corrected chi connectivity index (χ1v) is 3.97. The van der Waals surface area contributed by atoms with Crippen molar-refractivity contribution in [2.75, 3.05) is 39.3 Å². The van der Waals surface area contributed by atoms with E-state index in [-0.39, 0.29) is 0 Å². The lowest BCUT2D eigenvalue weighted by Gasteiger charge is -2.26. The van der Waals surface area contributed by atoms with E-state index in [0.29, 0.717) is 0 Å². The molecule has 0 spiro atoms. The van der Waals surface area contributed by atoms with Crippen LogP contribution in [0.25, 0.3) is 0 Å². The van der Waals surface area contributed by atoms with E-state index in [1.165, 1.54) is 19.6 Å². The van der Waals surface area contributed by atoms with Crippen molar-refractivity contribution in [3.8, 4) is 0 Å². The molecule has 0 bridgehead atoms. The summed E-state index contributed by atoms with van der Waals surface area (Å²) in [7, 11) is 3.70. The van der Waals surface area contributed by atoms with Crippen LogP contribution in [0.1, 0.15) is 0 Å². The van der Waals surface area contributed by atoms with Crippen LogP contribution in [-0.4, -0.2) is 44.2 Å². The van der Waals surface area contributed by atoms with Crippen molar-refractivity contribution in [3.05, 3.63) is 7.05 Å². The molecule has 1 saturated heterocycles. The highest BCUT2D eigenvalue weighted by Crippen LogP contribution is 1.88. The second-order valence-corrected chi connectivity index (χ2v) is 2.67. The van der Waals surface area contributed by atoms with Gasteiger partial charge in [-0.25, -0.2) is 0 Å². The fourth-order valence-corrected chi connectivity index (χ4v) is 1.21. The molecule has 0 aliphatic carbocycles. The molecule has 10 heavy (non-hydrogen) atoms. The third-order valence-corrected chi connectivity index (χ3v) is 1.86. The number of nitrogens with two attached hydrogens (primary N) is 1. The molecule has 0 saturated carbocycles. The fraction of sp³-hybridized carbons (Fsp3) is 0.857. The molecular weight excluding hydrogens is 126 g/mol. The number of hydrogen-bond acceptors (Lipinski definition) is 2. The molecule has 1 rings (SSSR count). The van der Waals surface area contributed by atoms with Gasteiger partial charge < -0.3 is 10.6 Å². The van der Waals surface area contributed by atoms with E-state index in [9.17, 15) is 0 Å². The smallest absolute Gasteiger partial charge is 0.0645 e. The van der Waals surface area contributed by atoms with Gasteiger partial charge in [-0.3, -0.25) is 4.90 Å². The first-order chi connectivity index (χ1) is 4.93. The maximum atomic E-state index is 3.70. The summed E-state index contributed by atoms with van der Waals surface area (Å²) in [6.45, 7) is 7.02. The molecule has 0 unspecified atom stereocenters. The van der Waals surface area contributed by atoms with Crippen LogP contribution in [0.3, 0.4) is 0 Å². The van der Waals surface area contributed by atoms with E-state index in [0.717, 1.165) is 19.6 Å². The van der Waals surface area contributed by atoms with Crippen LogP contribution in [0.15, 0.2) is 0 Å². The first-order valence-electron chi connectivity index (χ1n) is 3.97. The summed E-state index contributed by atoms with van der Waals surface area (Å²) in [4.78, 5) is 2.47. The number of nitrogens with zero attached hydrogens (tertiary/aromatic N) is 1. The van der Waals surface area contributed by atoms with Gasteiger partial charge in [0.15, 0.2) is 0 Å². The van der Waals surface area contributed by atoms with E-state index >= 15 is 0 Å². The Kier molecular flexibility index (Phi) is 3.72. The second kappa shape index (κ2) is 4.66.